The minimum atomic E-state index is -0.745. The van der Waals surface area contributed by atoms with Crippen LogP contribution in [0.2, 0.25) is 0 Å². The number of benzene rings is 1. The zero-order chi connectivity index (χ0) is 41.8. The molecule has 0 radical (unpaired) electrons. The molecule has 0 aliphatic carbocycles. The van der Waals surface area contributed by atoms with Gasteiger partial charge in [0.1, 0.15) is 21.7 Å². The van der Waals surface area contributed by atoms with Gasteiger partial charge in [0.2, 0.25) is 11.8 Å². The first kappa shape index (κ1) is 44.6. The van der Waals surface area contributed by atoms with E-state index in [-0.39, 0.29) is 23.9 Å². The van der Waals surface area contributed by atoms with Gasteiger partial charge in [-0.15, -0.1) is 22.7 Å². The van der Waals surface area contributed by atoms with Crippen molar-refractivity contribution in [3.63, 3.8) is 0 Å². The molecule has 0 bridgehead atoms. The fraction of sp³-hybridized carbons (Fsp3) is 0.538. The molecule has 2 saturated heterocycles. The minimum absolute atomic E-state index is 0.00222. The van der Waals surface area contributed by atoms with Crippen molar-refractivity contribution >= 4 is 67.1 Å². The maximum absolute atomic E-state index is 12.8. The summed E-state index contributed by atoms with van der Waals surface area (Å²) in [5.74, 6) is 2.76. The van der Waals surface area contributed by atoms with Crippen LogP contribution in [0.1, 0.15) is 104 Å². The van der Waals surface area contributed by atoms with Gasteiger partial charge < -0.3 is 40.3 Å². The van der Waals surface area contributed by atoms with E-state index < -0.39 is 12.2 Å². The number of hydrogen-bond acceptors (Lipinski definition) is 12. The molecule has 57 heavy (non-hydrogen) atoms. The summed E-state index contributed by atoms with van der Waals surface area (Å²) in [5.41, 5.74) is 8.03. The van der Waals surface area contributed by atoms with Crippen molar-refractivity contribution in [1.82, 2.24) is 45.0 Å². The quantitative estimate of drug-likeness (QED) is 0.119. The Morgan fingerprint density at radius 3 is 1.51 bits per heavy atom. The maximum Gasteiger partial charge on any atom is 0.406 e. The van der Waals surface area contributed by atoms with Crippen LogP contribution in [0, 0.1) is 11.8 Å². The smallest absolute Gasteiger partial charge is 0.406 e. The number of ether oxygens (including phenoxy) is 2. The number of nitrogens with zero attached hydrogens (tertiary/aromatic N) is 6. The van der Waals surface area contributed by atoms with E-state index in [1.165, 1.54) is 21.3 Å². The third kappa shape index (κ3) is 11.5. The zero-order valence-electron chi connectivity index (χ0n) is 34.3. The van der Waals surface area contributed by atoms with E-state index >= 15 is 0 Å². The summed E-state index contributed by atoms with van der Waals surface area (Å²) in [6.07, 6.45) is 7.49. The number of H-pyrrole nitrogens is 2. The van der Waals surface area contributed by atoms with E-state index in [4.69, 9.17) is 9.97 Å². The molecule has 2 aliphatic heterocycles. The minimum Gasteiger partial charge on any atom is -0.453 e. The number of aromatic amines is 2. The molecular formula is C39H56N10O6S2. The Kier molecular flexibility index (Phi) is 16.3. The molecule has 2 unspecified atom stereocenters. The number of likely N-dealkylation sites (tertiary alicyclic amines) is 2. The highest BCUT2D eigenvalue weighted by atomic mass is 32.1. The predicted octanol–water partition coefficient (Wildman–Crippen LogP) is 7.82. The number of thiazole rings is 2. The summed E-state index contributed by atoms with van der Waals surface area (Å²) in [4.78, 5) is 75.0. The van der Waals surface area contributed by atoms with Crippen LogP contribution in [0.25, 0.3) is 41.8 Å². The second kappa shape index (κ2) is 20.9. The van der Waals surface area contributed by atoms with Crippen molar-refractivity contribution in [2.24, 2.45) is 17.6 Å². The molecule has 5 N–H and O–H groups in total. The van der Waals surface area contributed by atoms with E-state index in [9.17, 15) is 19.2 Å². The van der Waals surface area contributed by atoms with E-state index in [1.807, 2.05) is 36.0 Å². The number of aromatic nitrogens is 6. The summed E-state index contributed by atoms with van der Waals surface area (Å²) < 4.78 is 10.2. The molecule has 7 rings (SSSR count). The normalized spacial score (nSPS) is 16.1. The lowest BCUT2D eigenvalue weighted by Crippen LogP contribution is -2.31. The standard InChI is InChI=1S/C32H38N8O2S2.C3H7NO2.C2H5NO2.C2H6/c1-17(2)11-27(41)39-9-5-7-23(39)29-33-15-21(35-29)31-37-19-13-26-20(14-25(19)43-31)38-32(44-26)22-16-34-30(36-22)24-8-6-10-40(24)28(42)12-18(3)4;1-4-3(5)6-2;1-5-2(3)4;1-2/h13-18,23-24H,5-12H2,1-4H3,(H,33,35)(H,34,36);1-2H3,(H,4,5);1H3,(H2,3,4);1-2H3. The first-order chi connectivity index (χ1) is 27.3. The fourth-order valence-corrected chi connectivity index (χ4v) is 8.43. The van der Waals surface area contributed by atoms with Crippen molar-refractivity contribution in [3.8, 4) is 21.4 Å². The van der Waals surface area contributed by atoms with Crippen LogP contribution in [0.4, 0.5) is 9.59 Å². The molecule has 4 amide bonds. The van der Waals surface area contributed by atoms with Crippen molar-refractivity contribution in [2.45, 2.75) is 92.2 Å². The molecule has 310 valence electrons. The van der Waals surface area contributed by atoms with Crippen LogP contribution < -0.4 is 11.1 Å². The van der Waals surface area contributed by atoms with Crippen LogP contribution in [-0.2, 0) is 19.1 Å². The highest BCUT2D eigenvalue weighted by Gasteiger charge is 2.33. The van der Waals surface area contributed by atoms with Crippen LogP contribution >= 0.6 is 22.7 Å². The van der Waals surface area contributed by atoms with Crippen LogP contribution in [0.15, 0.2) is 24.5 Å². The van der Waals surface area contributed by atoms with Gasteiger partial charge in [-0.25, -0.2) is 29.5 Å². The van der Waals surface area contributed by atoms with Gasteiger partial charge in [0.05, 0.1) is 70.5 Å². The van der Waals surface area contributed by atoms with Crippen molar-refractivity contribution < 1.29 is 28.7 Å². The summed E-state index contributed by atoms with van der Waals surface area (Å²) in [5, 5.41) is 4.01. The first-order valence-corrected chi connectivity index (χ1v) is 20.9. The number of rotatable bonds is 8. The van der Waals surface area contributed by atoms with E-state index in [2.05, 4.69) is 80.3 Å². The number of carbonyl (C=O) groups excluding carboxylic acids is 4. The lowest BCUT2D eigenvalue weighted by atomic mass is 10.1. The molecular weight excluding hydrogens is 769 g/mol. The van der Waals surface area contributed by atoms with Gasteiger partial charge in [0.15, 0.2) is 0 Å². The van der Waals surface area contributed by atoms with Gasteiger partial charge in [-0.1, -0.05) is 41.5 Å². The van der Waals surface area contributed by atoms with Crippen molar-refractivity contribution in [1.29, 1.82) is 0 Å². The van der Waals surface area contributed by atoms with Crippen molar-refractivity contribution in [2.75, 3.05) is 34.4 Å². The molecule has 6 heterocycles. The van der Waals surface area contributed by atoms with Gasteiger partial charge in [-0.3, -0.25) is 9.59 Å². The number of nitrogens with two attached hydrogens (primary N) is 1. The average Bonchev–Trinajstić information content (AvgIpc) is 4.04. The second-order valence-corrected chi connectivity index (χ2v) is 16.2. The number of nitrogens with one attached hydrogen (secondary N) is 3. The number of alkyl carbamates (subject to hydrolysis) is 1. The first-order valence-electron chi connectivity index (χ1n) is 19.3. The van der Waals surface area contributed by atoms with Crippen LogP contribution in [-0.4, -0.2) is 98.1 Å². The van der Waals surface area contributed by atoms with E-state index in [1.54, 1.807) is 22.7 Å². The maximum atomic E-state index is 12.8. The van der Waals surface area contributed by atoms with E-state index in [0.29, 0.717) is 24.7 Å². The molecule has 16 nitrogen and oxygen atoms in total. The summed E-state index contributed by atoms with van der Waals surface area (Å²) >= 11 is 3.23. The highest BCUT2D eigenvalue weighted by Crippen LogP contribution is 2.38. The number of amides is 4. The number of methoxy groups -OCH3 is 2. The number of hydrogen-bond donors (Lipinski definition) is 4. The van der Waals surface area contributed by atoms with Crippen LogP contribution in [0.5, 0.6) is 0 Å². The lowest BCUT2D eigenvalue weighted by molar-refractivity contribution is -0.133. The monoisotopic (exact) mass is 824 g/mol. The van der Waals surface area contributed by atoms with Gasteiger partial charge in [0.25, 0.3) is 0 Å². The topological polar surface area (TPSA) is 214 Å². The Bertz CT molecular complexity index is 1920. The van der Waals surface area contributed by atoms with Gasteiger partial charge in [-0.2, -0.15) is 0 Å². The molecule has 2 aliphatic rings. The van der Waals surface area contributed by atoms with Gasteiger partial charge in [0, 0.05) is 33.0 Å². The third-order valence-corrected chi connectivity index (χ3v) is 11.2. The van der Waals surface area contributed by atoms with Gasteiger partial charge >= 0.3 is 12.2 Å². The number of imidazole rings is 2. The van der Waals surface area contributed by atoms with Crippen LogP contribution in [0.3, 0.4) is 0 Å². The molecule has 1 aromatic carbocycles. The molecule has 18 heteroatoms. The molecule has 5 aromatic rings. The SMILES string of the molecule is CC.CC(C)CC(=O)N1CCCC1c1ncc(-c2nc3cc4sc(-c5cnc(C6CCCN6C(=O)CC(C)C)[nH]5)nc4cc3s2)[nH]1.CNC(=O)OC.COC(N)=O. The molecule has 0 spiro atoms. The average molecular weight is 825 g/mol. The molecule has 0 saturated carbocycles. The Morgan fingerprint density at radius 2 is 1.19 bits per heavy atom. The lowest BCUT2D eigenvalue weighted by Gasteiger charge is -2.24. The van der Waals surface area contributed by atoms with Gasteiger partial charge in [-0.05, 0) is 49.7 Å². The number of fused-ring (bicyclic) bond motifs is 2. The van der Waals surface area contributed by atoms with E-state index in [0.717, 1.165) is 92.3 Å². The Balaban J connectivity index is 0.000000485. The molecule has 2 fully saturated rings. The number of primary amides is 1. The highest BCUT2D eigenvalue weighted by molar-refractivity contribution is 7.23. The Morgan fingerprint density at radius 1 is 0.789 bits per heavy atom. The molecule has 2 atom stereocenters. The predicted molar refractivity (Wildman–Crippen MR) is 224 cm³/mol. The fourth-order valence-electron chi connectivity index (χ4n) is 6.54. The summed E-state index contributed by atoms with van der Waals surface area (Å²) in [6, 6.07) is 4.20. The summed E-state index contributed by atoms with van der Waals surface area (Å²) in [7, 11) is 4.05. The summed E-state index contributed by atoms with van der Waals surface area (Å²) in [6.45, 7) is 13.9. The number of carbonyl (C=O) groups is 4. The van der Waals surface area contributed by atoms with Crippen molar-refractivity contribution in [3.05, 3.63) is 36.2 Å². The molecule has 4 aromatic heterocycles. The Hall–Kier alpha value is -5.10. The third-order valence-electron chi connectivity index (χ3n) is 9.08. The Labute approximate surface area is 341 Å². The largest absolute Gasteiger partial charge is 0.453 e. The zero-order valence-corrected chi connectivity index (χ0v) is 35.9. The second-order valence-electron chi connectivity index (χ2n) is 14.1.